The van der Waals surface area contributed by atoms with Gasteiger partial charge in [0.15, 0.2) is 0 Å². The van der Waals surface area contributed by atoms with Gasteiger partial charge in [0.25, 0.3) is 11.8 Å². The minimum atomic E-state index is -2.16. The van der Waals surface area contributed by atoms with Crippen LogP contribution in [-0.4, -0.2) is 54.1 Å². The number of nitrogens with zero attached hydrogens (tertiary/aromatic N) is 2. The van der Waals surface area contributed by atoms with Crippen molar-refractivity contribution in [3.63, 3.8) is 0 Å². The quantitative estimate of drug-likeness (QED) is 0.166. The summed E-state index contributed by atoms with van der Waals surface area (Å²) in [7, 11) is 3.55. The number of carbonyl (C=O) groups excluding carboxylic acids is 2. The number of thiophene rings is 6. The molecule has 0 saturated heterocycles. The number of fused-ring (bicyclic) bond motifs is 6. The van der Waals surface area contributed by atoms with Gasteiger partial charge in [0.2, 0.25) is 0 Å². The van der Waals surface area contributed by atoms with Crippen LogP contribution >= 0.6 is 84.0 Å². The van der Waals surface area contributed by atoms with Crippen LogP contribution in [0.15, 0.2) is 39.2 Å². The zero-order valence-corrected chi connectivity index (χ0v) is 33.7. The Hall–Kier alpha value is -1.32. The summed E-state index contributed by atoms with van der Waals surface area (Å²) < 4.78 is 11.3. The molecule has 0 radical (unpaired) electrons. The maximum atomic E-state index is 13.6. The molecule has 0 atom stereocenters. The van der Waals surface area contributed by atoms with Gasteiger partial charge in [-0.2, -0.15) is 0 Å². The molecule has 8 rings (SSSR count). The molecule has 2 aliphatic rings. The first kappa shape index (κ1) is 29.1. The van der Waals surface area contributed by atoms with Gasteiger partial charge in [-0.05, 0) is 28.1 Å². The van der Waals surface area contributed by atoms with Gasteiger partial charge >= 0.3 is 178 Å². The van der Waals surface area contributed by atoms with Crippen LogP contribution in [0.4, 0.5) is 0 Å². The second-order valence-corrected chi connectivity index (χ2v) is 34.9. The van der Waals surface area contributed by atoms with Crippen LogP contribution in [0.1, 0.15) is 20.9 Å². The Kier molecular flexibility index (Phi) is 6.66. The third-order valence-electron chi connectivity index (χ3n) is 8.19. The number of rotatable bonds is 4. The van der Waals surface area contributed by atoms with E-state index >= 15 is 0 Å². The Morgan fingerprint density at radius 2 is 1.09 bits per heavy atom. The summed E-state index contributed by atoms with van der Waals surface area (Å²) in [5, 5.41) is 0. The molecule has 6 aromatic rings. The standard InChI is InChI=1S/C28H16BrN2O2S6.3CH3.Sn/c1-10-9-34-23-20(10)37-26-24-22(39-25(23)26)11(2)21(38-24)14-6-5-12(35-14)18-16-17(28(33)30(18)3)19(31(4)27(16)32)13-7-8-15(29)36-13;;;;/h5-8H,1-4H3;3*1H3;. The van der Waals surface area contributed by atoms with Crippen molar-refractivity contribution in [2.75, 3.05) is 14.1 Å². The van der Waals surface area contributed by atoms with Gasteiger partial charge in [0.1, 0.15) is 0 Å². The van der Waals surface area contributed by atoms with Crippen LogP contribution < -0.4 is 2.89 Å². The molecule has 0 spiro atoms. The first-order valence-corrected chi connectivity index (χ1v) is 29.3. The van der Waals surface area contributed by atoms with E-state index < -0.39 is 18.4 Å². The summed E-state index contributed by atoms with van der Waals surface area (Å²) in [6.07, 6.45) is 0. The molecule has 0 aliphatic carbocycles. The summed E-state index contributed by atoms with van der Waals surface area (Å²) >= 11 is 12.5. The van der Waals surface area contributed by atoms with E-state index in [1.165, 1.54) is 60.4 Å². The van der Waals surface area contributed by atoms with Gasteiger partial charge in [-0.25, -0.2) is 0 Å². The van der Waals surface area contributed by atoms with Gasteiger partial charge in [-0.1, -0.05) is 0 Å². The van der Waals surface area contributed by atoms with Crippen molar-refractivity contribution in [3.05, 3.63) is 60.1 Å². The molecule has 8 heterocycles. The average molecular weight is 849 g/mol. The molecule has 0 N–H and O–H groups in total. The predicted molar refractivity (Wildman–Crippen MR) is 198 cm³/mol. The van der Waals surface area contributed by atoms with Crippen molar-refractivity contribution in [3.8, 4) is 9.75 Å². The average Bonchev–Trinajstić information content (AvgIpc) is 3.79. The fourth-order valence-corrected chi connectivity index (χ4v) is 22.4. The molecule has 0 fully saturated rings. The number of amides is 2. The Balaban J connectivity index is 1.24. The molecule has 6 aromatic heterocycles. The van der Waals surface area contributed by atoms with Gasteiger partial charge in [-0.3, -0.25) is 9.59 Å². The number of carbonyl (C=O) groups is 2. The topological polar surface area (TPSA) is 40.6 Å². The van der Waals surface area contributed by atoms with Gasteiger partial charge < -0.3 is 9.80 Å². The summed E-state index contributed by atoms with van der Waals surface area (Å²) in [5.41, 5.74) is 5.29. The number of aryl methyl sites for hydroxylation is 2. The van der Waals surface area contributed by atoms with Crippen molar-refractivity contribution in [2.45, 2.75) is 28.7 Å². The fourth-order valence-electron chi connectivity index (χ4n) is 6.22. The van der Waals surface area contributed by atoms with Crippen molar-refractivity contribution in [2.24, 2.45) is 0 Å². The van der Waals surface area contributed by atoms with E-state index in [1.54, 1.807) is 38.1 Å². The van der Waals surface area contributed by atoms with E-state index in [-0.39, 0.29) is 11.8 Å². The fraction of sp³-hybridized carbons (Fsp3) is 0.226. The molecule has 43 heavy (non-hydrogen) atoms. The molecule has 0 saturated carbocycles. The van der Waals surface area contributed by atoms with Crippen molar-refractivity contribution in [1.29, 1.82) is 0 Å². The minimum absolute atomic E-state index is 0.126. The van der Waals surface area contributed by atoms with Crippen LogP contribution in [0.25, 0.3) is 49.3 Å². The Morgan fingerprint density at radius 3 is 1.65 bits per heavy atom. The number of hydrogen-bond donors (Lipinski definition) is 0. The molecule has 2 aliphatic heterocycles. The van der Waals surface area contributed by atoms with Gasteiger partial charge in [0.05, 0.1) is 25.5 Å². The van der Waals surface area contributed by atoms with Crippen LogP contribution in [-0.2, 0) is 9.59 Å². The molecule has 4 nitrogen and oxygen atoms in total. The first-order chi connectivity index (χ1) is 20.4. The molecule has 0 bridgehead atoms. The second-order valence-electron chi connectivity index (χ2n) is 12.0. The van der Waals surface area contributed by atoms with Gasteiger partial charge in [0, 0.05) is 14.1 Å². The second kappa shape index (κ2) is 9.84. The SMILES string of the molecule is Cc1c(-c2ccc(C3=C4C(=O)N(C)C(c5ccc(Br)s5)=C4C(=O)N3C)s2)sc2c1sc1c3s[c]([Sn]([CH3])([CH3])[CH3])c(C)c3sc21. The van der Waals surface area contributed by atoms with Crippen LogP contribution in [0.5, 0.6) is 0 Å². The monoisotopic (exact) mass is 848 g/mol. The zero-order valence-electron chi connectivity index (χ0n) is 24.3. The van der Waals surface area contributed by atoms with Crippen LogP contribution in [0.3, 0.4) is 0 Å². The van der Waals surface area contributed by atoms with E-state index in [0.717, 1.165) is 13.5 Å². The number of hydrogen-bond acceptors (Lipinski definition) is 8. The zero-order chi connectivity index (χ0) is 30.3. The molecule has 0 aromatic carbocycles. The van der Waals surface area contributed by atoms with Crippen LogP contribution in [0.2, 0.25) is 14.8 Å². The molecule has 12 heteroatoms. The normalized spacial score (nSPS) is 16.2. The molecule has 0 unspecified atom stereocenters. The van der Waals surface area contributed by atoms with Crippen molar-refractivity contribution < 1.29 is 9.59 Å². The Labute approximate surface area is 285 Å². The third-order valence-corrected chi connectivity index (χ3v) is 26.8. The third kappa shape index (κ3) is 4.04. The van der Waals surface area contributed by atoms with E-state index in [4.69, 9.17) is 0 Å². The summed E-state index contributed by atoms with van der Waals surface area (Å²) in [6, 6.07) is 8.16. The van der Waals surface area contributed by atoms with Gasteiger partial charge in [-0.15, -0.1) is 11.3 Å². The van der Waals surface area contributed by atoms with E-state index in [2.05, 4.69) is 68.1 Å². The first-order valence-electron chi connectivity index (χ1n) is 13.7. The predicted octanol–water partition coefficient (Wildman–Crippen LogP) is 10.2. The molecule has 218 valence electrons. The van der Waals surface area contributed by atoms with E-state index in [9.17, 15) is 9.59 Å². The summed E-state index contributed by atoms with van der Waals surface area (Å²) in [5.74, 6) is -0.252. The van der Waals surface area contributed by atoms with Crippen molar-refractivity contribution >= 4 is 157 Å². The molecular weight excluding hydrogens is 823 g/mol. The number of likely N-dealkylation sites (N-methyl/N-ethyl adjacent to an activating group) is 2. The molecule has 2 amide bonds. The van der Waals surface area contributed by atoms with E-state index in [1.807, 2.05) is 46.1 Å². The Morgan fingerprint density at radius 1 is 0.605 bits per heavy atom. The van der Waals surface area contributed by atoms with Crippen LogP contribution in [0, 0.1) is 13.8 Å². The van der Waals surface area contributed by atoms with E-state index in [0.29, 0.717) is 22.5 Å². The Bertz CT molecular complexity index is 2300. The number of halogens is 1. The molecular formula is C31H25BrN2O2S6Sn. The summed E-state index contributed by atoms with van der Waals surface area (Å²) in [4.78, 5) is 42.4. The maximum absolute atomic E-state index is 13.6. The summed E-state index contributed by atoms with van der Waals surface area (Å²) in [6.45, 7) is 4.58. The van der Waals surface area contributed by atoms with Crippen molar-refractivity contribution in [1.82, 2.24) is 9.80 Å².